The van der Waals surface area contributed by atoms with Gasteiger partial charge in [-0.05, 0) is 18.6 Å². The average molecular weight is 272 g/mol. The maximum Gasteiger partial charge on any atom is 0.326 e. The van der Waals surface area contributed by atoms with Crippen LogP contribution in [0.1, 0.15) is 12.5 Å². The molecule has 104 valence electrons. The highest BCUT2D eigenvalue weighted by Crippen LogP contribution is 2.19. The molecule has 0 aliphatic carbocycles. The second kappa shape index (κ2) is 5.61. The summed E-state index contributed by atoms with van der Waals surface area (Å²) in [5.41, 5.74) is 2.09. The smallest absolute Gasteiger partial charge is 0.326 e. The Morgan fingerprint density at radius 3 is 2.75 bits per heavy atom. The zero-order valence-electron chi connectivity index (χ0n) is 11.1. The van der Waals surface area contributed by atoms with Crippen LogP contribution < -0.4 is 5.32 Å². The van der Waals surface area contributed by atoms with Crippen molar-refractivity contribution in [3.63, 3.8) is 0 Å². The third-order valence-electron chi connectivity index (χ3n) is 3.09. The van der Waals surface area contributed by atoms with E-state index in [0.717, 1.165) is 16.5 Å². The van der Waals surface area contributed by atoms with Gasteiger partial charge in [0.2, 0.25) is 5.91 Å². The number of carbonyl (C=O) groups excluding carboxylic acids is 1. The monoisotopic (exact) mass is 272 g/mol. The van der Waals surface area contributed by atoms with Crippen LogP contribution in [0.5, 0.6) is 0 Å². The van der Waals surface area contributed by atoms with Gasteiger partial charge in [-0.1, -0.05) is 24.8 Å². The molecule has 1 heterocycles. The molecule has 2 rings (SSSR count). The predicted molar refractivity (Wildman–Crippen MR) is 76.4 cm³/mol. The molecule has 0 unspecified atom stereocenters. The van der Waals surface area contributed by atoms with Crippen LogP contribution in [0.3, 0.4) is 0 Å². The highest BCUT2D eigenvalue weighted by atomic mass is 16.4. The van der Waals surface area contributed by atoms with Crippen LogP contribution in [0.25, 0.3) is 10.9 Å². The van der Waals surface area contributed by atoms with Crippen LogP contribution in [-0.4, -0.2) is 28.0 Å². The number of amides is 1. The van der Waals surface area contributed by atoms with E-state index in [1.54, 1.807) is 13.1 Å². The summed E-state index contributed by atoms with van der Waals surface area (Å²) in [6, 6.07) is 6.66. The van der Waals surface area contributed by atoms with Gasteiger partial charge in [0, 0.05) is 29.1 Å². The number of carboxylic acid groups (broad SMARTS) is 1. The predicted octanol–water partition coefficient (Wildman–Crippen LogP) is 1.86. The van der Waals surface area contributed by atoms with Gasteiger partial charge in [-0.15, -0.1) is 0 Å². The number of carboxylic acids is 1. The van der Waals surface area contributed by atoms with Crippen molar-refractivity contribution in [2.24, 2.45) is 0 Å². The number of benzene rings is 1. The van der Waals surface area contributed by atoms with Crippen LogP contribution >= 0.6 is 0 Å². The summed E-state index contributed by atoms with van der Waals surface area (Å²) in [6.45, 7) is 5.04. The second-order valence-electron chi connectivity index (χ2n) is 4.71. The molecule has 0 radical (unpaired) electrons. The maximum atomic E-state index is 11.6. The van der Waals surface area contributed by atoms with Gasteiger partial charge in [-0.3, -0.25) is 4.79 Å². The molecule has 1 atom stereocenters. The topological polar surface area (TPSA) is 82.2 Å². The van der Waals surface area contributed by atoms with Crippen molar-refractivity contribution in [1.82, 2.24) is 10.3 Å². The summed E-state index contributed by atoms with van der Waals surface area (Å²) in [4.78, 5) is 25.9. The first-order chi connectivity index (χ1) is 9.49. The molecular formula is C15H16N2O3. The van der Waals surface area contributed by atoms with E-state index in [0.29, 0.717) is 0 Å². The molecule has 0 aliphatic rings. The molecule has 3 N–H and O–H groups in total. The summed E-state index contributed by atoms with van der Waals surface area (Å²) < 4.78 is 0. The van der Waals surface area contributed by atoms with Crippen LogP contribution in [0, 0.1) is 0 Å². The fourth-order valence-electron chi connectivity index (χ4n) is 2.00. The van der Waals surface area contributed by atoms with E-state index in [1.165, 1.54) is 0 Å². The average Bonchev–Trinajstić information content (AvgIpc) is 2.81. The molecule has 2 aromatic rings. The lowest BCUT2D eigenvalue weighted by Crippen LogP contribution is -2.42. The second-order valence-corrected chi connectivity index (χ2v) is 4.71. The molecule has 1 amide bonds. The van der Waals surface area contributed by atoms with E-state index in [9.17, 15) is 14.7 Å². The van der Waals surface area contributed by atoms with Gasteiger partial charge in [-0.25, -0.2) is 4.79 Å². The third-order valence-corrected chi connectivity index (χ3v) is 3.09. The van der Waals surface area contributed by atoms with Crippen LogP contribution in [0.2, 0.25) is 0 Å². The molecule has 5 heteroatoms. The van der Waals surface area contributed by atoms with Gasteiger partial charge in [-0.2, -0.15) is 0 Å². The standard InChI is InChI=1S/C15H16N2O3/c1-9(2)14(18)17-13(15(19)20)7-10-8-16-12-6-4-3-5-11(10)12/h3-6,8,13,16H,1,7H2,2H3,(H,17,18)(H,19,20)/t13-/m0/s1. The number of H-pyrrole nitrogens is 1. The number of fused-ring (bicyclic) bond motifs is 1. The Morgan fingerprint density at radius 2 is 2.10 bits per heavy atom. The van der Waals surface area contributed by atoms with Crippen molar-refractivity contribution in [1.29, 1.82) is 0 Å². The van der Waals surface area contributed by atoms with Gasteiger partial charge in [0.1, 0.15) is 6.04 Å². The number of carbonyl (C=O) groups is 2. The molecule has 1 aromatic carbocycles. The minimum atomic E-state index is -1.06. The van der Waals surface area contributed by atoms with Crippen LogP contribution in [-0.2, 0) is 16.0 Å². The molecule has 20 heavy (non-hydrogen) atoms. The van der Waals surface area contributed by atoms with E-state index in [4.69, 9.17) is 0 Å². The lowest BCUT2D eigenvalue weighted by Gasteiger charge is -2.14. The Hall–Kier alpha value is -2.56. The number of aliphatic carboxylic acids is 1. The molecular weight excluding hydrogens is 256 g/mol. The zero-order chi connectivity index (χ0) is 14.7. The summed E-state index contributed by atoms with van der Waals surface area (Å²) in [5.74, 6) is -1.51. The number of hydrogen-bond donors (Lipinski definition) is 3. The molecule has 0 saturated heterocycles. The fourth-order valence-corrected chi connectivity index (χ4v) is 2.00. The van der Waals surface area contributed by atoms with E-state index in [2.05, 4.69) is 16.9 Å². The Morgan fingerprint density at radius 1 is 1.40 bits per heavy atom. The highest BCUT2D eigenvalue weighted by molar-refractivity contribution is 5.95. The van der Waals surface area contributed by atoms with Gasteiger partial charge < -0.3 is 15.4 Å². The Bertz CT molecular complexity index is 673. The summed E-state index contributed by atoms with van der Waals surface area (Å²) in [7, 11) is 0. The van der Waals surface area contributed by atoms with Crippen molar-refractivity contribution >= 4 is 22.8 Å². The molecule has 5 nitrogen and oxygen atoms in total. The van der Waals surface area contributed by atoms with Crippen molar-refractivity contribution in [3.05, 3.63) is 48.2 Å². The van der Waals surface area contributed by atoms with Crippen molar-refractivity contribution in [2.45, 2.75) is 19.4 Å². The van der Waals surface area contributed by atoms with E-state index in [1.807, 2.05) is 24.3 Å². The van der Waals surface area contributed by atoms with Gasteiger partial charge in [0.25, 0.3) is 0 Å². The number of nitrogens with one attached hydrogen (secondary N) is 2. The number of para-hydroxylation sites is 1. The molecule has 0 saturated carbocycles. The lowest BCUT2D eigenvalue weighted by molar-refractivity contribution is -0.141. The van der Waals surface area contributed by atoms with Crippen molar-refractivity contribution < 1.29 is 14.7 Å². The molecule has 0 aliphatic heterocycles. The first-order valence-electron chi connectivity index (χ1n) is 6.23. The van der Waals surface area contributed by atoms with Gasteiger partial charge in [0.05, 0.1) is 0 Å². The molecule has 0 bridgehead atoms. The van der Waals surface area contributed by atoms with Crippen LogP contribution in [0.15, 0.2) is 42.6 Å². The first-order valence-corrected chi connectivity index (χ1v) is 6.23. The van der Waals surface area contributed by atoms with E-state index >= 15 is 0 Å². The van der Waals surface area contributed by atoms with Gasteiger partial charge >= 0.3 is 5.97 Å². The minimum Gasteiger partial charge on any atom is -0.480 e. The number of aromatic nitrogens is 1. The zero-order valence-corrected chi connectivity index (χ0v) is 11.1. The lowest BCUT2D eigenvalue weighted by atomic mass is 10.0. The van der Waals surface area contributed by atoms with Gasteiger partial charge in [0.15, 0.2) is 0 Å². The summed E-state index contributed by atoms with van der Waals surface area (Å²) in [5, 5.41) is 12.6. The summed E-state index contributed by atoms with van der Waals surface area (Å²) >= 11 is 0. The van der Waals surface area contributed by atoms with E-state index < -0.39 is 17.9 Å². The normalized spacial score (nSPS) is 12.1. The van der Waals surface area contributed by atoms with E-state index in [-0.39, 0.29) is 12.0 Å². The third kappa shape index (κ3) is 2.88. The maximum absolute atomic E-state index is 11.6. The molecule has 1 aromatic heterocycles. The number of aromatic amines is 1. The Balaban J connectivity index is 2.22. The first kappa shape index (κ1) is 13.9. The van der Waals surface area contributed by atoms with Crippen LogP contribution in [0.4, 0.5) is 0 Å². The Labute approximate surface area is 116 Å². The van der Waals surface area contributed by atoms with Crippen molar-refractivity contribution in [3.8, 4) is 0 Å². The number of hydrogen-bond acceptors (Lipinski definition) is 2. The SMILES string of the molecule is C=C(C)C(=O)N[C@@H](Cc1c[nH]c2ccccc12)C(=O)O. The quantitative estimate of drug-likeness (QED) is 0.726. The number of rotatable bonds is 5. The fraction of sp³-hybridized carbons (Fsp3) is 0.200. The largest absolute Gasteiger partial charge is 0.480 e. The minimum absolute atomic E-state index is 0.221. The summed E-state index contributed by atoms with van der Waals surface area (Å²) in [6.07, 6.45) is 1.99. The molecule has 0 spiro atoms. The Kier molecular flexibility index (Phi) is 3.89. The highest BCUT2D eigenvalue weighted by Gasteiger charge is 2.21. The van der Waals surface area contributed by atoms with Crippen molar-refractivity contribution in [2.75, 3.05) is 0 Å². The molecule has 0 fully saturated rings.